The standard InChI is InChI=1S/C10H17IO/c1-8-3-2-5-10(8)6-4-9(7-11)12-10/h8-9H,2-7H2,1H3. The van der Waals surface area contributed by atoms with Gasteiger partial charge in [-0.15, -0.1) is 0 Å². The average Bonchev–Trinajstić information content (AvgIpc) is 2.63. The van der Waals surface area contributed by atoms with E-state index in [2.05, 4.69) is 29.5 Å². The molecule has 2 rings (SSSR count). The number of rotatable bonds is 1. The molecule has 0 N–H and O–H groups in total. The molecule has 3 unspecified atom stereocenters. The van der Waals surface area contributed by atoms with Gasteiger partial charge in [-0.1, -0.05) is 35.9 Å². The molecule has 1 aliphatic heterocycles. The molecule has 1 aliphatic carbocycles. The molecule has 0 aromatic carbocycles. The Hall–Kier alpha value is 0.690. The minimum absolute atomic E-state index is 0.315. The fourth-order valence-electron chi connectivity index (χ4n) is 2.73. The first-order valence-corrected chi connectivity index (χ1v) is 6.53. The van der Waals surface area contributed by atoms with Crippen LogP contribution in [0.25, 0.3) is 0 Å². The van der Waals surface area contributed by atoms with Crippen molar-refractivity contribution >= 4 is 22.6 Å². The van der Waals surface area contributed by atoms with E-state index in [0.29, 0.717) is 11.7 Å². The molecule has 0 aromatic rings. The summed E-state index contributed by atoms with van der Waals surface area (Å²) in [5.41, 5.74) is 0.315. The predicted molar refractivity (Wildman–Crippen MR) is 58.7 cm³/mol. The molecule has 0 aromatic heterocycles. The van der Waals surface area contributed by atoms with E-state index in [1.54, 1.807) is 0 Å². The molecule has 1 saturated heterocycles. The Labute approximate surface area is 88.4 Å². The maximum atomic E-state index is 6.16. The summed E-state index contributed by atoms with van der Waals surface area (Å²) in [7, 11) is 0. The van der Waals surface area contributed by atoms with Crippen LogP contribution < -0.4 is 0 Å². The molecule has 0 bridgehead atoms. The average molecular weight is 280 g/mol. The van der Waals surface area contributed by atoms with Gasteiger partial charge in [0.2, 0.25) is 0 Å². The van der Waals surface area contributed by atoms with Crippen LogP contribution in [-0.2, 0) is 4.74 Å². The molecule has 12 heavy (non-hydrogen) atoms. The fraction of sp³-hybridized carbons (Fsp3) is 1.00. The van der Waals surface area contributed by atoms with Gasteiger partial charge in [-0.2, -0.15) is 0 Å². The molecule has 1 heterocycles. The predicted octanol–water partition coefficient (Wildman–Crippen LogP) is 3.16. The van der Waals surface area contributed by atoms with Gasteiger partial charge in [0.05, 0.1) is 11.7 Å². The zero-order valence-electron chi connectivity index (χ0n) is 7.68. The molecule has 1 saturated carbocycles. The van der Waals surface area contributed by atoms with Crippen molar-refractivity contribution in [2.45, 2.75) is 50.7 Å². The topological polar surface area (TPSA) is 9.23 Å². The Bertz CT molecular complexity index is 171. The molecule has 0 amide bonds. The second-order valence-electron chi connectivity index (χ2n) is 4.29. The molecular weight excluding hydrogens is 263 g/mol. The molecule has 0 radical (unpaired) electrons. The van der Waals surface area contributed by atoms with Crippen LogP contribution in [0.4, 0.5) is 0 Å². The monoisotopic (exact) mass is 280 g/mol. The van der Waals surface area contributed by atoms with Gasteiger partial charge in [0.1, 0.15) is 0 Å². The Kier molecular flexibility index (Phi) is 2.66. The minimum Gasteiger partial charge on any atom is -0.371 e. The van der Waals surface area contributed by atoms with E-state index in [0.717, 1.165) is 5.92 Å². The van der Waals surface area contributed by atoms with Gasteiger partial charge < -0.3 is 4.74 Å². The van der Waals surface area contributed by atoms with Crippen LogP contribution >= 0.6 is 22.6 Å². The highest BCUT2D eigenvalue weighted by Crippen LogP contribution is 2.47. The summed E-state index contributed by atoms with van der Waals surface area (Å²) in [5, 5.41) is 0. The van der Waals surface area contributed by atoms with Gasteiger partial charge in [0, 0.05) is 4.43 Å². The Balaban J connectivity index is 2.04. The largest absolute Gasteiger partial charge is 0.371 e. The van der Waals surface area contributed by atoms with Crippen molar-refractivity contribution in [2.75, 3.05) is 4.43 Å². The van der Waals surface area contributed by atoms with E-state index in [9.17, 15) is 0 Å². The zero-order chi connectivity index (χ0) is 8.60. The first-order chi connectivity index (χ1) is 5.77. The second-order valence-corrected chi connectivity index (χ2v) is 5.17. The highest BCUT2D eigenvalue weighted by atomic mass is 127. The SMILES string of the molecule is CC1CCCC12CCC(CI)O2. The highest BCUT2D eigenvalue weighted by molar-refractivity contribution is 14.1. The van der Waals surface area contributed by atoms with E-state index in [1.165, 1.54) is 36.5 Å². The number of alkyl halides is 1. The first-order valence-electron chi connectivity index (χ1n) is 5.00. The Morgan fingerprint density at radius 3 is 2.75 bits per heavy atom. The smallest absolute Gasteiger partial charge is 0.0713 e. The quantitative estimate of drug-likeness (QED) is 0.529. The van der Waals surface area contributed by atoms with Crippen molar-refractivity contribution in [1.82, 2.24) is 0 Å². The van der Waals surface area contributed by atoms with Gasteiger partial charge in [-0.25, -0.2) is 0 Å². The number of ether oxygens (including phenoxy) is 1. The van der Waals surface area contributed by atoms with Crippen LogP contribution in [0.1, 0.15) is 39.0 Å². The third-order valence-corrected chi connectivity index (χ3v) is 4.58. The summed E-state index contributed by atoms with van der Waals surface area (Å²) < 4.78 is 7.34. The lowest BCUT2D eigenvalue weighted by Gasteiger charge is -2.28. The van der Waals surface area contributed by atoms with E-state index < -0.39 is 0 Å². The van der Waals surface area contributed by atoms with Crippen molar-refractivity contribution < 1.29 is 4.74 Å². The molecule has 70 valence electrons. The molecule has 1 nitrogen and oxygen atoms in total. The van der Waals surface area contributed by atoms with E-state index in [1.807, 2.05) is 0 Å². The lowest BCUT2D eigenvalue weighted by Crippen LogP contribution is -2.32. The summed E-state index contributed by atoms with van der Waals surface area (Å²) in [6.45, 7) is 2.36. The number of hydrogen-bond donors (Lipinski definition) is 0. The van der Waals surface area contributed by atoms with E-state index in [-0.39, 0.29) is 0 Å². The first kappa shape index (κ1) is 9.25. The molecule has 1 spiro atoms. The van der Waals surface area contributed by atoms with Crippen LogP contribution in [0.5, 0.6) is 0 Å². The van der Waals surface area contributed by atoms with Crippen molar-refractivity contribution in [3.05, 3.63) is 0 Å². The van der Waals surface area contributed by atoms with Gasteiger partial charge in [-0.3, -0.25) is 0 Å². The van der Waals surface area contributed by atoms with Gasteiger partial charge >= 0.3 is 0 Å². The zero-order valence-corrected chi connectivity index (χ0v) is 9.84. The van der Waals surface area contributed by atoms with Crippen molar-refractivity contribution in [3.8, 4) is 0 Å². The maximum absolute atomic E-state index is 6.16. The van der Waals surface area contributed by atoms with Crippen molar-refractivity contribution in [2.24, 2.45) is 5.92 Å². The Morgan fingerprint density at radius 2 is 2.25 bits per heavy atom. The molecule has 2 aliphatic rings. The van der Waals surface area contributed by atoms with Crippen LogP contribution in [0.3, 0.4) is 0 Å². The van der Waals surface area contributed by atoms with Gasteiger partial charge in [-0.05, 0) is 31.6 Å². The Morgan fingerprint density at radius 1 is 1.42 bits per heavy atom. The second kappa shape index (κ2) is 3.45. The molecule has 2 heteroatoms. The van der Waals surface area contributed by atoms with Gasteiger partial charge in [0.15, 0.2) is 0 Å². The van der Waals surface area contributed by atoms with E-state index in [4.69, 9.17) is 4.74 Å². The van der Waals surface area contributed by atoms with E-state index >= 15 is 0 Å². The van der Waals surface area contributed by atoms with Gasteiger partial charge in [0.25, 0.3) is 0 Å². The highest BCUT2D eigenvalue weighted by Gasteiger charge is 2.46. The third kappa shape index (κ3) is 1.41. The number of halogens is 1. The van der Waals surface area contributed by atoms with Crippen LogP contribution in [-0.4, -0.2) is 16.1 Å². The summed E-state index contributed by atoms with van der Waals surface area (Å²) in [6.07, 6.45) is 7.27. The summed E-state index contributed by atoms with van der Waals surface area (Å²) in [5.74, 6) is 0.811. The lowest BCUT2D eigenvalue weighted by molar-refractivity contribution is -0.0524. The molecule has 2 fully saturated rings. The van der Waals surface area contributed by atoms with Crippen molar-refractivity contribution in [3.63, 3.8) is 0 Å². The normalized spacial score (nSPS) is 47.5. The molecule has 3 atom stereocenters. The maximum Gasteiger partial charge on any atom is 0.0713 e. The molecular formula is C10H17IO. The minimum atomic E-state index is 0.315. The summed E-state index contributed by atoms with van der Waals surface area (Å²) in [4.78, 5) is 0. The summed E-state index contributed by atoms with van der Waals surface area (Å²) >= 11 is 2.44. The van der Waals surface area contributed by atoms with Crippen LogP contribution in [0.2, 0.25) is 0 Å². The third-order valence-electron chi connectivity index (χ3n) is 3.60. The number of hydrogen-bond acceptors (Lipinski definition) is 1. The lowest BCUT2D eigenvalue weighted by atomic mass is 9.89. The van der Waals surface area contributed by atoms with Crippen LogP contribution in [0, 0.1) is 5.92 Å². The summed E-state index contributed by atoms with van der Waals surface area (Å²) in [6, 6.07) is 0. The fourth-order valence-corrected chi connectivity index (χ4v) is 3.35. The van der Waals surface area contributed by atoms with Crippen molar-refractivity contribution in [1.29, 1.82) is 0 Å². The van der Waals surface area contributed by atoms with Crippen LogP contribution in [0.15, 0.2) is 0 Å².